The fourth-order valence-electron chi connectivity index (χ4n) is 2.69. The molecule has 2 aromatic carbocycles. The average Bonchev–Trinajstić information content (AvgIpc) is 3.06. The minimum absolute atomic E-state index is 0.486. The van der Waals surface area contributed by atoms with Gasteiger partial charge in [0.25, 0.3) is 0 Å². The minimum atomic E-state index is 0.486. The van der Waals surface area contributed by atoms with Crippen molar-refractivity contribution in [1.82, 2.24) is 25.4 Å². The normalized spacial score (nSPS) is 11.4. The summed E-state index contributed by atoms with van der Waals surface area (Å²) in [6.45, 7) is 3.41. The molecule has 3 aromatic rings. The molecule has 1 aromatic heterocycles. The summed E-state index contributed by atoms with van der Waals surface area (Å²) >= 11 is 12.3. The van der Waals surface area contributed by atoms with Gasteiger partial charge in [-0.15, -0.1) is 10.2 Å². The zero-order valence-corrected chi connectivity index (χ0v) is 18.6. The van der Waals surface area contributed by atoms with Crippen LogP contribution in [0.4, 0.5) is 0 Å². The number of aromatic nitrogens is 3. The summed E-state index contributed by atoms with van der Waals surface area (Å²) in [5.74, 6) is 3.12. The maximum atomic E-state index is 6.29. The van der Waals surface area contributed by atoms with Gasteiger partial charge in [-0.05, 0) is 42.3 Å². The number of halogens is 2. The van der Waals surface area contributed by atoms with Crippen LogP contribution in [0.2, 0.25) is 10.0 Å². The molecule has 9 heteroatoms. The van der Waals surface area contributed by atoms with E-state index in [1.165, 1.54) is 0 Å². The molecule has 0 saturated carbocycles. The number of methoxy groups -OCH3 is 1. The van der Waals surface area contributed by atoms with Gasteiger partial charge in [-0.3, -0.25) is 0 Å². The number of aliphatic imine (C=N–C) groups is 1. The van der Waals surface area contributed by atoms with Crippen LogP contribution in [0.15, 0.2) is 47.5 Å². The van der Waals surface area contributed by atoms with Crippen LogP contribution in [0.3, 0.4) is 0 Å². The van der Waals surface area contributed by atoms with E-state index in [0.29, 0.717) is 35.6 Å². The van der Waals surface area contributed by atoms with Crippen LogP contribution in [0.5, 0.6) is 5.75 Å². The van der Waals surface area contributed by atoms with Crippen LogP contribution in [0.25, 0.3) is 0 Å². The number of benzene rings is 2. The van der Waals surface area contributed by atoms with E-state index in [2.05, 4.69) is 20.8 Å². The van der Waals surface area contributed by atoms with Crippen molar-refractivity contribution in [2.75, 3.05) is 7.11 Å². The highest BCUT2D eigenvalue weighted by atomic mass is 35.5. The lowest BCUT2D eigenvalue weighted by Gasteiger charge is -2.14. The summed E-state index contributed by atoms with van der Waals surface area (Å²) in [4.78, 5) is 4.69. The summed E-state index contributed by atoms with van der Waals surface area (Å²) in [5.41, 5.74) is 1.99. The van der Waals surface area contributed by atoms with Crippen LogP contribution in [0, 0.1) is 6.92 Å². The molecule has 0 spiro atoms. The van der Waals surface area contributed by atoms with Crippen molar-refractivity contribution in [2.45, 2.75) is 26.6 Å². The summed E-state index contributed by atoms with van der Waals surface area (Å²) in [7, 11) is 3.58. The SMILES string of the molecule is COc1ccc(CN=C(NCc2ccc(Cl)cc2Cl)NCc2nnc(C)n2C)cc1. The van der Waals surface area contributed by atoms with Crippen molar-refractivity contribution in [3.63, 3.8) is 0 Å². The lowest BCUT2D eigenvalue weighted by Crippen LogP contribution is -2.37. The quantitative estimate of drug-likeness (QED) is 0.425. The second-order valence-electron chi connectivity index (χ2n) is 6.68. The Kier molecular flexibility index (Phi) is 7.54. The van der Waals surface area contributed by atoms with E-state index in [1.807, 2.05) is 54.9 Å². The lowest BCUT2D eigenvalue weighted by molar-refractivity contribution is 0.414. The Morgan fingerprint density at radius 2 is 1.80 bits per heavy atom. The van der Waals surface area contributed by atoms with E-state index in [0.717, 1.165) is 28.5 Å². The maximum absolute atomic E-state index is 6.29. The Bertz CT molecular complexity index is 1020. The zero-order valence-electron chi connectivity index (χ0n) is 17.1. The smallest absolute Gasteiger partial charge is 0.192 e. The summed E-state index contributed by atoms with van der Waals surface area (Å²) in [5, 5.41) is 16.1. The maximum Gasteiger partial charge on any atom is 0.192 e. The van der Waals surface area contributed by atoms with Gasteiger partial charge in [-0.2, -0.15) is 0 Å². The number of nitrogens with zero attached hydrogens (tertiary/aromatic N) is 4. The van der Waals surface area contributed by atoms with E-state index < -0.39 is 0 Å². The molecule has 0 fully saturated rings. The third-order valence-electron chi connectivity index (χ3n) is 4.64. The molecule has 0 atom stereocenters. The third-order valence-corrected chi connectivity index (χ3v) is 5.22. The molecule has 2 N–H and O–H groups in total. The van der Waals surface area contributed by atoms with Gasteiger partial charge in [-0.25, -0.2) is 4.99 Å². The first-order chi connectivity index (χ1) is 14.5. The van der Waals surface area contributed by atoms with Gasteiger partial charge >= 0.3 is 0 Å². The minimum Gasteiger partial charge on any atom is -0.497 e. The average molecular weight is 447 g/mol. The molecule has 0 aliphatic rings. The Morgan fingerprint density at radius 1 is 1.07 bits per heavy atom. The number of guanidine groups is 1. The molecule has 1 heterocycles. The predicted molar refractivity (Wildman–Crippen MR) is 120 cm³/mol. The number of aryl methyl sites for hydroxylation is 1. The standard InChI is InChI=1S/C21H24Cl2N6O/c1-14-27-28-20(29(14)2)13-26-21(24-11-15-4-8-18(30-3)9-5-15)25-12-16-6-7-17(22)10-19(16)23/h4-10H,11-13H2,1-3H3,(H2,24,25,26). The van der Waals surface area contributed by atoms with Crippen LogP contribution >= 0.6 is 23.2 Å². The first-order valence-corrected chi connectivity index (χ1v) is 10.2. The van der Waals surface area contributed by atoms with Gasteiger partial charge in [0.1, 0.15) is 11.6 Å². The van der Waals surface area contributed by atoms with Crippen molar-refractivity contribution in [3.8, 4) is 5.75 Å². The van der Waals surface area contributed by atoms with Crippen LogP contribution in [-0.4, -0.2) is 27.8 Å². The molecule has 0 aliphatic carbocycles. The Labute approximate surface area is 186 Å². The first-order valence-electron chi connectivity index (χ1n) is 9.40. The van der Waals surface area contributed by atoms with Crippen LogP contribution in [0.1, 0.15) is 22.8 Å². The molecule has 0 unspecified atom stereocenters. The number of rotatable bonds is 7. The molecular weight excluding hydrogens is 423 g/mol. The van der Waals surface area contributed by atoms with E-state index >= 15 is 0 Å². The largest absolute Gasteiger partial charge is 0.497 e. The number of hydrogen-bond donors (Lipinski definition) is 2. The second-order valence-corrected chi connectivity index (χ2v) is 7.52. The summed E-state index contributed by atoms with van der Waals surface area (Å²) < 4.78 is 7.14. The van der Waals surface area contributed by atoms with Crippen LogP contribution in [-0.2, 0) is 26.7 Å². The number of hydrogen-bond acceptors (Lipinski definition) is 4. The lowest BCUT2D eigenvalue weighted by atomic mass is 10.2. The van der Waals surface area contributed by atoms with Crippen molar-refractivity contribution in [2.24, 2.45) is 12.0 Å². The zero-order chi connectivity index (χ0) is 21.5. The fourth-order valence-corrected chi connectivity index (χ4v) is 3.16. The van der Waals surface area contributed by atoms with Gasteiger partial charge in [0.05, 0.1) is 20.2 Å². The van der Waals surface area contributed by atoms with E-state index in [4.69, 9.17) is 32.9 Å². The first kappa shape index (κ1) is 21.9. The molecule has 0 radical (unpaired) electrons. The summed E-state index contributed by atoms with van der Waals surface area (Å²) in [6, 6.07) is 13.2. The Hall–Kier alpha value is -2.77. The molecule has 0 saturated heterocycles. The molecule has 158 valence electrons. The van der Waals surface area contributed by atoms with Crippen molar-refractivity contribution >= 4 is 29.2 Å². The Morgan fingerprint density at radius 3 is 2.43 bits per heavy atom. The van der Waals surface area contributed by atoms with Crippen LogP contribution < -0.4 is 15.4 Å². The van der Waals surface area contributed by atoms with Gasteiger partial charge in [0.2, 0.25) is 0 Å². The highest BCUT2D eigenvalue weighted by Crippen LogP contribution is 2.20. The third kappa shape index (κ3) is 5.87. The van der Waals surface area contributed by atoms with Crippen molar-refractivity contribution in [1.29, 1.82) is 0 Å². The van der Waals surface area contributed by atoms with Gasteiger partial charge in [-0.1, -0.05) is 41.4 Å². The molecular formula is C21H24Cl2N6O. The van der Waals surface area contributed by atoms with Gasteiger partial charge in [0, 0.05) is 23.6 Å². The van der Waals surface area contributed by atoms with E-state index in [9.17, 15) is 0 Å². The van der Waals surface area contributed by atoms with E-state index in [1.54, 1.807) is 13.2 Å². The molecule has 0 aliphatic heterocycles. The highest BCUT2D eigenvalue weighted by Gasteiger charge is 2.08. The van der Waals surface area contributed by atoms with E-state index in [-0.39, 0.29) is 0 Å². The fraction of sp³-hybridized carbons (Fsp3) is 0.286. The van der Waals surface area contributed by atoms with Crippen molar-refractivity contribution < 1.29 is 4.74 Å². The summed E-state index contributed by atoms with van der Waals surface area (Å²) in [6.07, 6.45) is 0. The monoisotopic (exact) mass is 446 g/mol. The topological polar surface area (TPSA) is 76.4 Å². The van der Waals surface area contributed by atoms with Gasteiger partial charge in [0.15, 0.2) is 11.8 Å². The molecule has 0 amide bonds. The van der Waals surface area contributed by atoms with Gasteiger partial charge < -0.3 is 19.9 Å². The molecule has 3 rings (SSSR count). The molecule has 0 bridgehead atoms. The number of nitrogens with one attached hydrogen (secondary N) is 2. The van der Waals surface area contributed by atoms with Crippen molar-refractivity contribution in [3.05, 3.63) is 75.3 Å². The highest BCUT2D eigenvalue weighted by molar-refractivity contribution is 6.35. The molecule has 7 nitrogen and oxygen atoms in total. The molecule has 30 heavy (non-hydrogen) atoms. The Balaban J connectivity index is 1.71. The second kappa shape index (κ2) is 10.3. The number of ether oxygens (including phenoxy) is 1. The predicted octanol–water partition coefficient (Wildman–Crippen LogP) is 3.87.